The highest BCUT2D eigenvalue weighted by Gasteiger charge is 2.46. The standard InChI is InChI=1S/C14H23NO3/c1-18-14(5-2-6-14)7-13(17)15-8-10-3-4-12(16)11(10)9-15/h10-12,16H,2-9H2,1H3. The first-order valence-electron chi connectivity index (χ1n) is 7.14. The van der Waals surface area contributed by atoms with E-state index in [2.05, 4.69) is 0 Å². The number of aliphatic hydroxyl groups excluding tert-OH is 1. The van der Waals surface area contributed by atoms with Crippen LogP contribution in [0.3, 0.4) is 0 Å². The van der Waals surface area contributed by atoms with E-state index in [9.17, 15) is 9.90 Å². The highest BCUT2D eigenvalue weighted by atomic mass is 16.5. The zero-order chi connectivity index (χ0) is 12.8. The van der Waals surface area contributed by atoms with Crippen LogP contribution in [-0.4, -0.2) is 47.8 Å². The molecule has 3 rings (SSSR count). The van der Waals surface area contributed by atoms with Crippen LogP contribution in [0.25, 0.3) is 0 Å². The predicted molar refractivity (Wildman–Crippen MR) is 67.0 cm³/mol. The van der Waals surface area contributed by atoms with Gasteiger partial charge >= 0.3 is 0 Å². The smallest absolute Gasteiger partial charge is 0.225 e. The molecule has 1 N–H and O–H groups in total. The molecule has 3 fully saturated rings. The number of aliphatic hydroxyl groups is 1. The van der Waals surface area contributed by atoms with Gasteiger partial charge in [-0.3, -0.25) is 4.79 Å². The second-order valence-corrected chi connectivity index (χ2v) is 6.28. The number of hydrogen-bond donors (Lipinski definition) is 1. The summed E-state index contributed by atoms with van der Waals surface area (Å²) in [6.45, 7) is 1.60. The molecule has 1 aliphatic heterocycles. The zero-order valence-electron chi connectivity index (χ0n) is 11.1. The lowest BCUT2D eigenvalue weighted by Crippen LogP contribution is -2.45. The molecule has 0 spiro atoms. The van der Waals surface area contributed by atoms with Gasteiger partial charge in [0, 0.05) is 26.1 Å². The number of rotatable bonds is 3. The minimum atomic E-state index is -0.187. The van der Waals surface area contributed by atoms with Crippen molar-refractivity contribution < 1.29 is 14.6 Å². The fourth-order valence-corrected chi connectivity index (χ4v) is 3.85. The number of carbonyl (C=O) groups excluding carboxylic acids is 1. The van der Waals surface area contributed by atoms with E-state index < -0.39 is 0 Å². The van der Waals surface area contributed by atoms with Crippen LogP contribution in [0.15, 0.2) is 0 Å². The van der Waals surface area contributed by atoms with Crippen molar-refractivity contribution >= 4 is 5.91 Å². The fraction of sp³-hybridized carbons (Fsp3) is 0.929. The summed E-state index contributed by atoms with van der Waals surface area (Å²) in [6, 6.07) is 0. The third-order valence-corrected chi connectivity index (χ3v) is 5.34. The Balaban J connectivity index is 1.58. The Morgan fingerprint density at radius 1 is 1.39 bits per heavy atom. The largest absolute Gasteiger partial charge is 0.393 e. The third kappa shape index (κ3) is 1.95. The van der Waals surface area contributed by atoms with E-state index in [1.54, 1.807) is 7.11 Å². The third-order valence-electron chi connectivity index (χ3n) is 5.34. The van der Waals surface area contributed by atoms with Gasteiger partial charge in [-0.25, -0.2) is 0 Å². The first kappa shape index (κ1) is 12.4. The number of hydrogen-bond acceptors (Lipinski definition) is 3. The summed E-state index contributed by atoms with van der Waals surface area (Å²) in [5, 5.41) is 9.87. The molecule has 18 heavy (non-hydrogen) atoms. The van der Waals surface area contributed by atoms with Gasteiger partial charge in [-0.2, -0.15) is 0 Å². The summed E-state index contributed by atoms with van der Waals surface area (Å²) in [7, 11) is 1.72. The van der Waals surface area contributed by atoms with Crippen LogP contribution >= 0.6 is 0 Å². The molecule has 0 aromatic rings. The molecule has 2 saturated carbocycles. The molecular weight excluding hydrogens is 230 g/mol. The quantitative estimate of drug-likeness (QED) is 0.821. The van der Waals surface area contributed by atoms with Crippen LogP contribution in [0.2, 0.25) is 0 Å². The average Bonchev–Trinajstić information content (AvgIpc) is 2.86. The van der Waals surface area contributed by atoms with E-state index in [0.29, 0.717) is 18.3 Å². The summed E-state index contributed by atoms with van der Waals surface area (Å²) < 4.78 is 5.52. The van der Waals surface area contributed by atoms with Gasteiger partial charge in [0.05, 0.1) is 18.1 Å². The second kappa shape index (κ2) is 4.49. The molecule has 0 aromatic carbocycles. The maximum atomic E-state index is 12.3. The number of ether oxygens (including phenoxy) is 1. The van der Waals surface area contributed by atoms with Crippen molar-refractivity contribution in [2.45, 2.75) is 50.2 Å². The van der Waals surface area contributed by atoms with E-state index in [-0.39, 0.29) is 17.6 Å². The normalized spacial score (nSPS) is 37.4. The van der Waals surface area contributed by atoms with Gasteiger partial charge in [-0.15, -0.1) is 0 Å². The van der Waals surface area contributed by atoms with Crippen molar-refractivity contribution in [3.63, 3.8) is 0 Å². The molecule has 0 bridgehead atoms. The average molecular weight is 253 g/mol. The topological polar surface area (TPSA) is 49.8 Å². The second-order valence-electron chi connectivity index (χ2n) is 6.28. The van der Waals surface area contributed by atoms with Crippen LogP contribution in [0, 0.1) is 11.8 Å². The van der Waals surface area contributed by atoms with Gasteiger partial charge in [0.1, 0.15) is 0 Å². The first-order valence-corrected chi connectivity index (χ1v) is 7.14. The van der Waals surface area contributed by atoms with E-state index in [1.165, 1.54) is 6.42 Å². The molecule has 3 atom stereocenters. The van der Waals surface area contributed by atoms with Crippen LogP contribution < -0.4 is 0 Å². The first-order chi connectivity index (χ1) is 8.63. The highest BCUT2D eigenvalue weighted by Crippen LogP contribution is 2.41. The van der Waals surface area contributed by atoms with Gasteiger partial charge < -0.3 is 14.7 Å². The SMILES string of the molecule is COC1(CC(=O)N2CC3CCC(O)C3C2)CCC1. The monoisotopic (exact) mass is 253 g/mol. The van der Waals surface area contributed by atoms with Crippen molar-refractivity contribution in [1.29, 1.82) is 0 Å². The minimum Gasteiger partial charge on any atom is -0.393 e. The number of carbonyl (C=O) groups is 1. The molecule has 0 radical (unpaired) electrons. The van der Waals surface area contributed by atoms with Crippen LogP contribution in [-0.2, 0) is 9.53 Å². The van der Waals surface area contributed by atoms with Crippen molar-refractivity contribution in [2.75, 3.05) is 20.2 Å². The lowest BCUT2D eigenvalue weighted by atomic mass is 9.77. The van der Waals surface area contributed by atoms with E-state index in [0.717, 1.165) is 38.8 Å². The van der Waals surface area contributed by atoms with Crippen LogP contribution in [0.4, 0.5) is 0 Å². The molecule has 2 aliphatic carbocycles. The molecule has 4 nitrogen and oxygen atoms in total. The summed E-state index contributed by atoms with van der Waals surface area (Å²) in [5.41, 5.74) is -0.173. The lowest BCUT2D eigenvalue weighted by molar-refractivity contribution is -0.143. The molecule has 1 saturated heterocycles. The summed E-state index contributed by atoms with van der Waals surface area (Å²) >= 11 is 0. The molecule has 1 amide bonds. The Morgan fingerprint density at radius 3 is 2.72 bits per heavy atom. The predicted octanol–water partition coefficient (Wildman–Crippen LogP) is 1.17. The van der Waals surface area contributed by atoms with E-state index in [1.807, 2.05) is 4.90 Å². The van der Waals surface area contributed by atoms with Gasteiger partial charge in [0.25, 0.3) is 0 Å². The molecule has 4 heteroatoms. The van der Waals surface area contributed by atoms with Crippen molar-refractivity contribution in [2.24, 2.45) is 11.8 Å². The molecule has 0 aromatic heterocycles. The molecular formula is C14H23NO3. The molecule has 3 aliphatic rings. The fourth-order valence-electron chi connectivity index (χ4n) is 3.85. The van der Waals surface area contributed by atoms with Crippen molar-refractivity contribution in [3.8, 4) is 0 Å². The summed E-state index contributed by atoms with van der Waals surface area (Å²) in [6.07, 6.45) is 5.53. The number of likely N-dealkylation sites (tertiary alicyclic amines) is 1. The molecule has 1 heterocycles. The van der Waals surface area contributed by atoms with E-state index in [4.69, 9.17) is 4.74 Å². The van der Waals surface area contributed by atoms with Crippen LogP contribution in [0.1, 0.15) is 38.5 Å². The minimum absolute atomic E-state index is 0.173. The maximum absolute atomic E-state index is 12.3. The van der Waals surface area contributed by atoms with Gasteiger partial charge in [0.15, 0.2) is 0 Å². The Morgan fingerprint density at radius 2 is 2.17 bits per heavy atom. The maximum Gasteiger partial charge on any atom is 0.225 e. The summed E-state index contributed by atoms with van der Waals surface area (Å²) in [4.78, 5) is 14.3. The Kier molecular flexibility index (Phi) is 3.10. The Hall–Kier alpha value is -0.610. The molecule has 102 valence electrons. The Bertz CT molecular complexity index is 334. The number of methoxy groups -OCH3 is 1. The van der Waals surface area contributed by atoms with Gasteiger partial charge in [-0.1, -0.05) is 0 Å². The van der Waals surface area contributed by atoms with E-state index >= 15 is 0 Å². The number of amides is 1. The number of nitrogens with zero attached hydrogens (tertiary/aromatic N) is 1. The van der Waals surface area contributed by atoms with Gasteiger partial charge in [-0.05, 0) is 38.0 Å². The zero-order valence-corrected chi connectivity index (χ0v) is 11.1. The highest BCUT2D eigenvalue weighted by molar-refractivity contribution is 5.77. The summed E-state index contributed by atoms with van der Waals surface area (Å²) in [5.74, 6) is 1.08. The van der Waals surface area contributed by atoms with Crippen molar-refractivity contribution in [1.82, 2.24) is 4.90 Å². The molecule has 3 unspecified atom stereocenters. The lowest BCUT2D eigenvalue weighted by Gasteiger charge is -2.40. The van der Waals surface area contributed by atoms with Crippen molar-refractivity contribution in [3.05, 3.63) is 0 Å². The van der Waals surface area contributed by atoms with Crippen LogP contribution in [0.5, 0.6) is 0 Å². The Labute approximate surface area is 108 Å². The number of fused-ring (bicyclic) bond motifs is 1. The van der Waals surface area contributed by atoms with Gasteiger partial charge in [0.2, 0.25) is 5.91 Å².